The molecule has 0 radical (unpaired) electrons. The molecule has 0 aromatic heterocycles. The van der Waals surface area contributed by atoms with Gasteiger partial charge in [0.1, 0.15) is 0 Å². The number of nitrogens with zero attached hydrogens (tertiary/aromatic N) is 1. The number of nitrogen functional groups attached to an aromatic ring is 1. The van der Waals surface area contributed by atoms with Crippen molar-refractivity contribution in [3.63, 3.8) is 0 Å². The van der Waals surface area contributed by atoms with Crippen molar-refractivity contribution in [1.29, 1.82) is 0 Å². The van der Waals surface area contributed by atoms with Crippen molar-refractivity contribution in [1.82, 2.24) is 4.90 Å². The molecule has 0 unspecified atom stereocenters. The molecule has 2 N–H and O–H groups in total. The van der Waals surface area contributed by atoms with E-state index in [0.717, 1.165) is 24.3 Å². The third-order valence-corrected chi connectivity index (χ3v) is 3.49. The van der Waals surface area contributed by atoms with Crippen LogP contribution in [0.5, 0.6) is 0 Å². The monoisotopic (exact) mass is 252 g/mol. The summed E-state index contributed by atoms with van der Waals surface area (Å²) in [4.78, 5) is 13.9. The minimum atomic E-state index is 0.0518. The molecule has 0 fully saturated rings. The average Bonchev–Trinajstić information content (AvgIpc) is 2.32. The van der Waals surface area contributed by atoms with Crippen molar-refractivity contribution in [2.75, 3.05) is 31.3 Å². The van der Waals surface area contributed by atoms with Crippen LogP contribution in [0.15, 0.2) is 18.2 Å². The molecule has 1 rings (SSSR count). The Morgan fingerprint density at radius 1 is 1.47 bits per heavy atom. The van der Waals surface area contributed by atoms with E-state index in [4.69, 9.17) is 5.73 Å². The van der Waals surface area contributed by atoms with Gasteiger partial charge in [-0.2, -0.15) is 11.8 Å². The third kappa shape index (κ3) is 3.66. The van der Waals surface area contributed by atoms with E-state index < -0.39 is 0 Å². The van der Waals surface area contributed by atoms with Gasteiger partial charge in [0.2, 0.25) is 0 Å². The van der Waals surface area contributed by atoms with Gasteiger partial charge in [-0.1, -0.05) is 6.07 Å². The van der Waals surface area contributed by atoms with Crippen LogP contribution in [0.25, 0.3) is 0 Å². The second kappa shape index (κ2) is 6.55. The van der Waals surface area contributed by atoms with Gasteiger partial charge in [-0.05, 0) is 43.0 Å². The van der Waals surface area contributed by atoms with Crippen molar-refractivity contribution in [3.05, 3.63) is 29.3 Å². The Hall–Kier alpha value is -1.16. The lowest BCUT2D eigenvalue weighted by Crippen LogP contribution is -2.28. The number of carbonyl (C=O) groups excluding carboxylic acids is 1. The van der Waals surface area contributed by atoms with Crippen LogP contribution in [0.3, 0.4) is 0 Å². The van der Waals surface area contributed by atoms with Crippen molar-refractivity contribution in [3.8, 4) is 0 Å². The van der Waals surface area contributed by atoms with Gasteiger partial charge in [0, 0.05) is 24.8 Å². The molecule has 1 aromatic rings. The molecule has 0 spiro atoms. The van der Waals surface area contributed by atoms with Crippen LogP contribution in [-0.2, 0) is 0 Å². The molecule has 0 atom stereocenters. The van der Waals surface area contributed by atoms with E-state index in [1.54, 1.807) is 16.7 Å². The molecular formula is C13H20N2OS. The van der Waals surface area contributed by atoms with Gasteiger partial charge in [0.25, 0.3) is 5.91 Å². The highest BCUT2D eigenvalue weighted by Crippen LogP contribution is 2.17. The first-order chi connectivity index (χ1) is 8.07. The Balaban J connectivity index is 2.71. The lowest BCUT2D eigenvalue weighted by atomic mass is 10.1. The number of hydrogen-bond acceptors (Lipinski definition) is 3. The Bertz CT molecular complexity index is 393. The van der Waals surface area contributed by atoms with Crippen LogP contribution in [-0.4, -0.2) is 36.4 Å². The largest absolute Gasteiger partial charge is 0.398 e. The normalized spacial score (nSPS) is 10.3. The fraction of sp³-hybridized carbons (Fsp3) is 0.462. The average molecular weight is 252 g/mol. The Morgan fingerprint density at radius 3 is 2.82 bits per heavy atom. The zero-order valence-corrected chi connectivity index (χ0v) is 11.5. The summed E-state index contributed by atoms with van der Waals surface area (Å²) in [6.45, 7) is 2.67. The molecule has 17 heavy (non-hydrogen) atoms. The summed E-state index contributed by atoms with van der Waals surface area (Å²) in [5.41, 5.74) is 8.06. The van der Waals surface area contributed by atoms with Crippen LogP contribution < -0.4 is 5.73 Å². The molecule has 0 saturated heterocycles. The first-order valence-electron chi connectivity index (χ1n) is 5.67. The zero-order chi connectivity index (χ0) is 12.8. The Labute approximate surface area is 107 Å². The summed E-state index contributed by atoms with van der Waals surface area (Å²) < 4.78 is 0. The molecule has 0 bridgehead atoms. The predicted molar refractivity (Wildman–Crippen MR) is 75.6 cm³/mol. The standard InChI is InChI=1S/C13H20N2OS/c1-10-11(6-4-7-12(10)14)13(16)15(2)8-5-9-17-3/h4,6-7H,5,8-9,14H2,1-3H3. The minimum absolute atomic E-state index is 0.0518. The molecule has 0 saturated carbocycles. The number of anilines is 1. The van der Waals surface area contributed by atoms with Crippen molar-refractivity contribution in [2.45, 2.75) is 13.3 Å². The van der Waals surface area contributed by atoms with E-state index in [1.807, 2.05) is 32.2 Å². The zero-order valence-electron chi connectivity index (χ0n) is 10.7. The second-order valence-electron chi connectivity index (χ2n) is 4.09. The minimum Gasteiger partial charge on any atom is -0.398 e. The summed E-state index contributed by atoms with van der Waals surface area (Å²) >= 11 is 1.80. The van der Waals surface area contributed by atoms with E-state index in [2.05, 4.69) is 6.26 Å². The van der Waals surface area contributed by atoms with Gasteiger partial charge in [0.05, 0.1) is 0 Å². The molecule has 0 aliphatic rings. The molecule has 0 aliphatic carbocycles. The second-order valence-corrected chi connectivity index (χ2v) is 5.08. The van der Waals surface area contributed by atoms with E-state index >= 15 is 0 Å². The summed E-state index contributed by atoms with van der Waals surface area (Å²) in [5, 5.41) is 0. The molecule has 4 heteroatoms. The van der Waals surface area contributed by atoms with Crippen molar-refractivity contribution in [2.24, 2.45) is 0 Å². The van der Waals surface area contributed by atoms with Crippen LogP contribution in [0, 0.1) is 6.92 Å². The molecule has 1 aromatic carbocycles. The maximum atomic E-state index is 12.2. The number of rotatable bonds is 5. The highest BCUT2D eigenvalue weighted by Gasteiger charge is 2.14. The van der Waals surface area contributed by atoms with E-state index in [9.17, 15) is 4.79 Å². The van der Waals surface area contributed by atoms with Crippen LogP contribution in [0.2, 0.25) is 0 Å². The quantitative estimate of drug-likeness (QED) is 0.646. The van der Waals surface area contributed by atoms with E-state index in [0.29, 0.717) is 11.3 Å². The number of carbonyl (C=O) groups is 1. The van der Waals surface area contributed by atoms with Gasteiger partial charge in [-0.25, -0.2) is 0 Å². The van der Waals surface area contributed by atoms with Crippen LogP contribution in [0.1, 0.15) is 22.3 Å². The fourth-order valence-corrected chi connectivity index (χ4v) is 2.06. The summed E-state index contributed by atoms with van der Waals surface area (Å²) in [7, 11) is 1.84. The van der Waals surface area contributed by atoms with E-state index in [1.165, 1.54) is 0 Å². The predicted octanol–water partition coefficient (Wildman–Crippen LogP) is 2.40. The first kappa shape index (κ1) is 13.9. The Kier molecular flexibility index (Phi) is 5.35. The fourth-order valence-electron chi connectivity index (χ4n) is 1.64. The molecule has 0 heterocycles. The number of amides is 1. The topological polar surface area (TPSA) is 46.3 Å². The first-order valence-corrected chi connectivity index (χ1v) is 7.06. The number of thioether (sulfide) groups is 1. The number of hydrogen-bond donors (Lipinski definition) is 1. The summed E-state index contributed by atoms with van der Waals surface area (Å²) in [5.74, 6) is 1.13. The van der Waals surface area contributed by atoms with E-state index in [-0.39, 0.29) is 5.91 Å². The third-order valence-electron chi connectivity index (χ3n) is 2.79. The molecule has 94 valence electrons. The SMILES string of the molecule is CSCCCN(C)C(=O)c1cccc(N)c1C. The smallest absolute Gasteiger partial charge is 0.253 e. The van der Waals surface area contributed by atoms with Gasteiger partial charge in [-0.3, -0.25) is 4.79 Å². The maximum Gasteiger partial charge on any atom is 0.253 e. The maximum absolute atomic E-state index is 12.2. The number of benzene rings is 1. The summed E-state index contributed by atoms with van der Waals surface area (Å²) in [6, 6.07) is 5.48. The molecule has 3 nitrogen and oxygen atoms in total. The van der Waals surface area contributed by atoms with Crippen molar-refractivity contribution < 1.29 is 4.79 Å². The molecule has 1 amide bonds. The molecule has 0 aliphatic heterocycles. The molecular weight excluding hydrogens is 232 g/mol. The van der Waals surface area contributed by atoms with Crippen molar-refractivity contribution >= 4 is 23.4 Å². The van der Waals surface area contributed by atoms with Crippen LogP contribution in [0.4, 0.5) is 5.69 Å². The van der Waals surface area contributed by atoms with Gasteiger partial charge in [-0.15, -0.1) is 0 Å². The van der Waals surface area contributed by atoms with Crippen LogP contribution >= 0.6 is 11.8 Å². The lowest BCUT2D eigenvalue weighted by molar-refractivity contribution is 0.0795. The van der Waals surface area contributed by atoms with Gasteiger partial charge >= 0.3 is 0 Å². The highest BCUT2D eigenvalue weighted by molar-refractivity contribution is 7.98. The lowest BCUT2D eigenvalue weighted by Gasteiger charge is -2.18. The Morgan fingerprint density at radius 2 is 2.18 bits per heavy atom. The van der Waals surface area contributed by atoms with Gasteiger partial charge < -0.3 is 10.6 Å². The van der Waals surface area contributed by atoms with Gasteiger partial charge in [0.15, 0.2) is 0 Å². The number of nitrogens with two attached hydrogens (primary N) is 1. The summed E-state index contributed by atoms with van der Waals surface area (Å²) in [6.07, 6.45) is 3.09. The highest BCUT2D eigenvalue weighted by atomic mass is 32.2.